The fourth-order valence-corrected chi connectivity index (χ4v) is 2.44. The quantitative estimate of drug-likeness (QED) is 0.879. The Morgan fingerprint density at radius 2 is 2.12 bits per heavy atom. The SMILES string of the molecule is CC(C)c1noc(-c2ccc(NC(=O)NC[C@H]3CCOC3)cc2)n1. The first kappa shape index (κ1) is 16.4. The predicted octanol–water partition coefficient (Wildman–Crippen LogP) is 3.02. The summed E-state index contributed by atoms with van der Waals surface area (Å²) in [5, 5.41) is 9.62. The molecule has 0 spiro atoms. The van der Waals surface area contributed by atoms with Crippen LogP contribution in [0, 0.1) is 5.92 Å². The molecule has 7 nitrogen and oxygen atoms in total. The maximum absolute atomic E-state index is 11.9. The van der Waals surface area contributed by atoms with Crippen molar-refractivity contribution in [2.45, 2.75) is 26.2 Å². The smallest absolute Gasteiger partial charge is 0.319 e. The number of rotatable bonds is 5. The molecular formula is C17H22N4O3. The number of nitrogens with one attached hydrogen (secondary N) is 2. The summed E-state index contributed by atoms with van der Waals surface area (Å²) < 4.78 is 10.5. The number of carbonyl (C=O) groups is 1. The lowest BCUT2D eigenvalue weighted by atomic mass is 10.1. The van der Waals surface area contributed by atoms with Crippen LogP contribution in [0.3, 0.4) is 0 Å². The second-order valence-corrected chi connectivity index (χ2v) is 6.25. The van der Waals surface area contributed by atoms with E-state index in [9.17, 15) is 4.79 Å². The lowest BCUT2D eigenvalue weighted by Crippen LogP contribution is -2.33. The highest BCUT2D eigenvalue weighted by Crippen LogP contribution is 2.21. The Kier molecular flexibility index (Phi) is 5.10. The van der Waals surface area contributed by atoms with Crippen molar-refractivity contribution in [3.05, 3.63) is 30.1 Å². The molecule has 7 heteroatoms. The molecule has 2 heterocycles. The van der Waals surface area contributed by atoms with Gasteiger partial charge in [0.15, 0.2) is 5.82 Å². The van der Waals surface area contributed by atoms with Crippen molar-refractivity contribution >= 4 is 11.7 Å². The van der Waals surface area contributed by atoms with Crippen LogP contribution in [0.2, 0.25) is 0 Å². The predicted molar refractivity (Wildman–Crippen MR) is 89.8 cm³/mol. The molecule has 0 radical (unpaired) electrons. The molecule has 2 aromatic rings. The Morgan fingerprint density at radius 3 is 2.75 bits per heavy atom. The van der Waals surface area contributed by atoms with E-state index in [1.165, 1.54) is 0 Å². The summed E-state index contributed by atoms with van der Waals surface area (Å²) in [5.74, 6) is 1.79. The third-order valence-corrected chi connectivity index (χ3v) is 3.92. The molecule has 1 aromatic carbocycles. The highest BCUT2D eigenvalue weighted by atomic mass is 16.5. The van der Waals surface area contributed by atoms with E-state index in [1.54, 1.807) is 0 Å². The molecule has 0 saturated carbocycles. The van der Waals surface area contributed by atoms with E-state index in [0.717, 1.165) is 25.2 Å². The van der Waals surface area contributed by atoms with Crippen molar-refractivity contribution in [1.82, 2.24) is 15.5 Å². The Labute approximate surface area is 140 Å². The Balaban J connectivity index is 1.54. The minimum Gasteiger partial charge on any atom is -0.381 e. The van der Waals surface area contributed by atoms with Gasteiger partial charge >= 0.3 is 6.03 Å². The van der Waals surface area contributed by atoms with Crippen molar-refractivity contribution < 1.29 is 14.1 Å². The minimum absolute atomic E-state index is 0.213. The standard InChI is InChI=1S/C17H22N4O3/c1-11(2)15-20-16(24-21-15)13-3-5-14(6-4-13)19-17(22)18-9-12-7-8-23-10-12/h3-6,11-12H,7-10H2,1-2H3,(H2,18,19,22)/t12-/m1/s1. The van der Waals surface area contributed by atoms with Crippen molar-refractivity contribution in [2.75, 3.05) is 25.1 Å². The topological polar surface area (TPSA) is 89.3 Å². The summed E-state index contributed by atoms with van der Waals surface area (Å²) in [6.45, 7) is 6.15. The molecule has 1 aliphatic rings. The van der Waals surface area contributed by atoms with E-state index in [0.29, 0.717) is 29.9 Å². The summed E-state index contributed by atoms with van der Waals surface area (Å²) in [6.07, 6.45) is 0.998. The van der Waals surface area contributed by atoms with Gasteiger partial charge in [-0.2, -0.15) is 4.98 Å². The lowest BCUT2D eigenvalue weighted by Gasteiger charge is -2.10. The third-order valence-electron chi connectivity index (χ3n) is 3.92. The first-order valence-electron chi connectivity index (χ1n) is 8.18. The largest absolute Gasteiger partial charge is 0.381 e. The molecule has 0 unspecified atom stereocenters. The Morgan fingerprint density at radius 1 is 1.33 bits per heavy atom. The van der Waals surface area contributed by atoms with Gasteiger partial charge in [0, 0.05) is 36.2 Å². The third kappa shape index (κ3) is 4.11. The minimum atomic E-state index is -0.213. The van der Waals surface area contributed by atoms with Crippen LogP contribution in [-0.2, 0) is 4.74 Å². The van der Waals surface area contributed by atoms with Crippen LogP contribution in [0.15, 0.2) is 28.8 Å². The second-order valence-electron chi connectivity index (χ2n) is 6.25. The molecule has 0 aliphatic carbocycles. The van der Waals surface area contributed by atoms with Crippen LogP contribution in [0.5, 0.6) is 0 Å². The zero-order valence-electron chi connectivity index (χ0n) is 13.9. The summed E-state index contributed by atoms with van der Waals surface area (Å²) in [6, 6.07) is 7.10. The summed E-state index contributed by atoms with van der Waals surface area (Å²) in [7, 11) is 0. The molecular weight excluding hydrogens is 308 g/mol. The maximum Gasteiger partial charge on any atom is 0.319 e. The molecule has 1 aliphatic heterocycles. The van der Waals surface area contributed by atoms with Crippen LogP contribution in [0.1, 0.15) is 32.0 Å². The van der Waals surface area contributed by atoms with Gasteiger partial charge in [0.2, 0.25) is 0 Å². The molecule has 1 aromatic heterocycles. The zero-order valence-corrected chi connectivity index (χ0v) is 13.9. The lowest BCUT2D eigenvalue weighted by molar-refractivity contribution is 0.185. The number of nitrogens with zero attached hydrogens (tertiary/aromatic N) is 2. The fourth-order valence-electron chi connectivity index (χ4n) is 2.44. The van der Waals surface area contributed by atoms with E-state index < -0.39 is 0 Å². The van der Waals surface area contributed by atoms with Gasteiger partial charge in [0.1, 0.15) is 0 Å². The van der Waals surface area contributed by atoms with E-state index >= 15 is 0 Å². The number of anilines is 1. The molecule has 24 heavy (non-hydrogen) atoms. The van der Waals surface area contributed by atoms with Crippen molar-refractivity contribution in [1.29, 1.82) is 0 Å². The summed E-state index contributed by atoms with van der Waals surface area (Å²) in [4.78, 5) is 16.3. The maximum atomic E-state index is 11.9. The van der Waals surface area contributed by atoms with Gasteiger partial charge in [-0.05, 0) is 30.7 Å². The number of benzene rings is 1. The van der Waals surface area contributed by atoms with Gasteiger partial charge in [-0.1, -0.05) is 19.0 Å². The van der Waals surface area contributed by atoms with Crippen molar-refractivity contribution in [2.24, 2.45) is 5.92 Å². The highest BCUT2D eigenvalue weighted by Gasteiger charge is 2.16. The van der Waals surface area contributed by atoms with Gasteiger partial charge in [0.05, 0.1) is 6.61 Å². The molecule has 1 fully saturated rings. The number of hydrogen-bond acceptors (Lipinski definition) is 5. The van der Waals surface area contributed by atoms with Crippen molar-refractivity contribution in [3.8, 4) is 11.5 Å². The average Bonchev–Trinajstić information content (AvgIpc) is 3.25. The highest BCUT2D eigenvalue weighted by molar-refractivity contribution is 5.89. The first-order valence-corrected chi connectivity index (χ1v) is 8.18. The number of urea groups is 1. The number of carbonyl (C=O) groups excluding carboxylic acids is 1. The number of hydrogen-bond donors (Lipinski definition) is 2. The summed E-state index contributed by atoms with van der Waals surface area (Å²) >= 11 is 0. The molecule has 2 amide bonds. The van der Waals surface area contributed by atoms with Crippen LogP contribution in [0.25, 0.3) is 11.5 Å². The van der Waals surface area contributed by atoms with Crippen LogP contribution < -0.4 is 10.6 Å². The number of aromatic nitrogens is 2. The normalized spacial score (nSPS) is 17.2. The fraction of sp³-hybridized carbons (Fsp3) is 0.471. The number of ether oxygens (including phenoxy) is 1. The Hall–Kier alpha value is -2.41. The van der Waals surface area contributed by atoms with Gasteiger partial charge < -0.3 is 19.9 Å². The van der Waals surface area contributed by atoms with Crippen molar-refractivity contribution in [3.63, 3.8) is 0 Å². The molecule has 128 valence electrons. The van der Waals surface area contributed by atoms with Crippen LogP contribution in [-0.4, -0.2) is 35.9 Å². The molecule has 1 atom stereocenters. The van der Waals surface area contributed by atoms with E-state index in [2.05, 4.69) is 20.8 Å². The Bertz CT molecular complexity index is 675. The van der Waals surface area contributed by atoms with E-state index in [1.807, 2.05) is 38.1 Å². The van der Waals surface area contributed by atoms with Crippen LogP contribution >= 0.6 is 0 Å². The number of amides is 2. The van der Waals surface area contributed by atoms with E-state index in [4.69, 9.17) is 9.26 Å². The van der Waals surface area contributed by atoms with Crippen LogP contribution in [0.4, 0.5) is 10.5 Å². The van der Waals surface area contributed by atoms with Gasteiger partial charge in [-0.25, -0.2) is 4.79 Å². The molecule has 3 rings (SSSR count). The average molecular weight is 330 g/mol. The van der Waals surface area contributed by atoms with Gasteiger partial charge in [0.25, 0.3) is 5.89 Å². The monoisotopic (exact) mass is 330 g/mol. The summed E-state index contributed by atoms with van der Waals surface area (Å²) in [5.41, 5.74) is 1.53. The zero-order chi connectivity index (χ0) is 16.9. The van der Waals surface area contributed by atoms with Gasteiger partial charge in [-0.3, -0.25) is 0 Å². The molecule has 0 bridgehead atoms. The van der Waals surface area contributed by atoms with Gasteiger partial charge in [-0.15, -0.1) is 0 Å². The molecule has 1 saturated heterocycles. The first-order chi connectivity index (χ1) is 11.6. The van der Waals surface area contributed by atoms with E-state index in [-0.39, 0.29) is 11.9 Å². The second kappa shape index (κ2) is 7.44. The molecule has 2 N–H and O–H groups in total.